The highest BCUT2D eigenvalue weighted by atomic mass is 32.1. The van der Waals surface area contributed by atoms with Crippen LogP contribution in [0.15, 0.2) is 0 Å². The van der Waals surface area contributed by atoms with Crippen LogP contribution in [-0.2, 0) is 6.42 Å². The van der Waals surface area contributed by atoms with E-state index in [0.29, 0.717) is 6.04 Å². The van der Waals surface area contributed by atoms with Gasteiger partial charge in [-0.05, 0) is 25.7 Å². The van der Waals surface area contributed by atoms with Gasteiger partial charge < -0.3 is 10.2 Å². The van der Waals surface area contributed by atoms with Crippen LogP contribution in [0.25, 0.3) is 0 Å². The molecule has 1 aromatic rings. The zero-order chi connectivity index (χ0) is 11.7. The van der Waals surface area contributed by atoms with Crippen molar-refractivity contribution in [3.05, 3.63) is 5.82 Å². The van der Waals surface area contributed by atoms with Gasteiger partial charge in [0, 0.05) is 43.1 Å². The van der Waals surface area contributed by atoms with E-state index in [1.165, 1.54) is 50.3 Å². The van der Waals surface area contributed by atoms with Crippen molar-refractivity contribution in [1.29, 1.82) is 0 Å². The second-order valence-corrected chi connectivity index (χ2v) is 5.81. The molecular formula is C12H20N4S. The molecule has 4 nitrogen and oxygen atoms in total. The van der Waals surface area contributed by atoms with Gasteiger partial charge in [0.1, 0.15) is 5.82 Å². The van der Waals surface area contributed by atoms with E-state index in [-0.39, 0.29) is 0 Å². The summed E-state index contributed by atoms with van der Waals surface area (Å²) in [6, 6.07) is 1.52. The third-order valence-electron chi connectivity index (χ3n) is 3.70. The summed E-state index contributed by atoms with van der Waals surface area (Å²) in [5, 5.41) is 4.54. The Bertz CT molecular complexity index is 366. The van der Waals surface area contributed by atoms with Crippen molar-refractivity contribution < 1.29 is 0 Å². The number of hydrogen-bond acceptors (Lipinski definition) is 5. The Morgan fingerprint density at radius 1 is 1.29 bits per heavy atom. The normalized spacial score (nSPS) is 22.9. The average Bonchev–Trinajstić information content (AvgIpc) is 3.11. The molecule has 3 rings (SSSR count). The smallest absolute Gasteiger partial charge is 0.202 e. The Morgan fingerprint density at radius 3 is 2.65 bits per heavy atom. The first-order valence-electron chi connectivity index (χ1n) is 6.68. The van der Waals surface area contributed by atoms with Gasteiger partial charge in [-0.1, -0.05) is 6.92 Å². The molecule has 2 heterocycles. The van der Waals surface area contributed by atoms with E-state index < -0.39 is 0 Å². The SMILES string of the molecule is CCc1nsc(NC2CCN(C3CC3)CC2)n1. The number of hydrogen-bond donors (Lipinski definition) is 1. The number of likely N-dealkylation sites (tertiary alicyclic amines) is 1. The summed E-state index contributed by atoms with van der Waals surface area (Å²) in [6.07, 6.45) is 6.27. The number of nitrogens with zero attached hydrogens (tertiary/aromatic N) is 3. The summed E-state index contributed by atoms with van der Waals surface area (Å²) in [7, 11) is 0. The highest BCUT2D eigenvalue weighted by molar-refractivity contribution is 7.09. The molecule has 17 heavy (non-hydrogen) atoms. The standard InChI is InChI=1S/C12H20N4S/c1-2-11-14-12(17-15-11)13-9-5-7-16(8-6-9)10-3-4-10/h9-10H,2-8H2,1H3,(H,13,14,15). The summed E-state index contributed by atoms with van der Waals surface area (Å²) in [6.45, 7) is 4.60. The Labute approximate surface area is 107 Å². The van der Waals surface area contributed by atoms with Gasteiger partial charge in [-0.25, -0.2) is 4.98 Å². The van der Waals surface area contributed by atoms with E-state index >= 15 is 0 Å². The summed E-state index contributed by atoms with van der Waals surface area (Å²) in [5.41, 5.74) is 0. The van der Waals surface area contributed by atoms with E-state index in [0.717, 1.165) is 23.4 Å². The number of piperidine rings is 1. The van der Waals surface area contributed by atoms with E-state index in [1.54, 1.807) is 0 Å². The topological polar surface area (TPSA) is 41.1 Å². The number of rotatable bonds is 4. The van der Waals surface area contributed by atoms with Gasteiger partial charge in [-0.2, -0.15) is 4.37 Å². The first-order chi connectivity index (χ1) is 8.35. The van der Waals surface area contributed by atoms with Crippen LogP contribution in [0.4, 0.5) is 5.13 Å². The largest absolute Gasteiger partial charge is 0.357 e. The zero-order valence-corrected chi connectivity index (χ0v) is 11.2. The average molecular weight is 252 g/mol. The van der Waals surface area contributed by atoms with Crippen molar-refractivity contribution in [2.24, 2.45) is 0 Å². The molecule has 1 N–H and O–H groups in total. The van der Waals surface area contributed by atoms with Crippen LogP contribution >= 0.6 is 11.5 Å². The first kappa shape index (κ1) is 11.4. The van der Waals surface area contributed by atoms with Gasteiger partial charge in [-0.3, -0.25) is 0 Å². The molecule has 2 aliphatic rings. The van der Waals surface area contributed by atoms with Crippen molar-refractivity contribution in [1.82, 2.24) is 14.3 Å². The van der Waals surface area contributed by atoms with Gasteiger partial charge in [0.25, 0.3) is 0 Å². The fourth-order valence-corrected chi connectivity index (χ4v) is 3.21. The van der Waals surface area contributed by atoms with Crippen LogP contribution in [-0.4, -0.2) is 39.4 Å². The maximum Gasteiger partial charge on any atom is 0.202 e. The van der Waals surface area contributed by atoms with Gasteiger partial charge in [0.2, 0.25) is 5.13 Å². The Hall–Kier alpha value is -0.680. The molecule has 0 spiro atoms. The molecule has 1 aliphatic heterocycles. The molecule has 0 aromatic carbocycles. The highest BCUT2D eigenvalue weighted by Crippen LogP contribution is 2.30. The molecule has 2 fully saturated rings. The molecule has 0 bridgehead atoms. The number of aryl methyl sites for hydroxylation is 1. The highest BCUT2D eigenvalue weighted by Gasteiger charge is 2.31. The fraction of sp³-hybridized carbons (Fsp3) is 0.833. The number of anilines is 1. The fourth-order valence-electron chi connectivity index (χ4n) is 2.48. The lowest BCUT2D eigenvalue weighted by Crippen LogP contribution is -2.40. The van der Waals surface area contributed by atoms with Crippen LogP contribution in [0, 0.1) is 0 Å². The third kappa shape index (κ3) is 2.77. The van der Waals surface area contributed by atoms with Gasteiger partial charge >= 0.3 is 0 Å². The lowest BCUT2D eigenvalue weighted by molar-refractivity contribution is 0.210. The van der Waals surface area contributed by atoms with Gasteiger partial charge in [0.15, 0.2) is 0 Å². The van der Waals surface area contributed by atoms with E-state index in [2.05, 4.69) is 26.5 Å². The lowest BCUT2D eigenvalue weighted by Gasteiger charge is -2.32. The molecule has 1 aliphatic carbocycles. The molecule has 0 unspecified atom stereocenters. The predicted octanol–water partition coefficient (Wildman–Crippen LogP) is 2.14. The van der Waals surface area contributed by atoms with E-state index in [4.69, 9.17) is 0 Å². The third-order valence-corrected chi connectivity index (χ3v) is 4.39. The summed E-state index contributed by atoms with van der Waals surface area (Å²) in [4.78, 5) is 7.12. The minimum absolute atomic E-state index is 0.600. The number of nitrogens with one attached hydrogen (secondary N) is 1. The second kappa shape index (κ2) is 4.90. The second-order valence-electron chi connectivity index (χ2n) is 5.06. The van der Waals surface area contributed by atoms with Gasteiger partial charge in [0.05, 0.1) is 0 Å². The molecular weight excluding hydrogens is 232 g/mol. The molecule has 0 radical (unpaired) electrons. The minimum atomic E-state index is 0.600. The van der Waals surface area contributed by atoms with Crippen LogP contribution in [0.5, 0.6) is 0 Å². The molecule has 1 saturated heterocycles. The van der Waals surface area contributed by atoms with E-state index in [1.807, 2.05) is 0 Å². The van der Waals surface area contributed by atoms with Gasteiger partial charge in [-0.15, -0.1) is 0 Å². The van der Waals surface area contributed by atoms with E-state index in [9.17, 15) is 0 Å². The van der Waals surface area contributed by atoms with Crippen molar-refractivity contribution in [3.63, 3.8) is 0 Å². The summed E-state index contributed by atoms with van der Waals surface area (Å²) >= 11 is 1.50. The van der Waals surface area contributed by atoms with Crippen LogP contribution < -0.4 is 5.32 Å². The zero-order valence-electron chi connectivity index (χ0n) is 10.4. The maximum absolute atomic E-state index is 4.47. The monoisotopic (exact) mass is 252 g/mol. The quantitative estimate of drug-likeness (QED) is 0.891. The van der Waals surface area contributed by atoms with Crippen molar-refractivity contribution >= 4 is 16.7 Å². The Balaban J connectivity index is 1.49. The molecule has 0 atom stereocenters. The van der Waals surface area contributed by atoms with Crippen molar-refractivity contribution in [2.45, 2.75) is 51.1 Å². The molecule has 0 amide bonds. The molecule has 1 aromatic heterocycles. The Morgan fingerprint density at radius 2 is 2.06 bits per heavy atom. The summed E-state index contributed by atoms with van der Waals surface area (Å²) < 4.78 is 4.31. The molecule has 5 heteroatoms. The molecule has 1 saturated carbocycles. The number of aromatic nitrogens is 2. The predicted molar refractivity (Wildman–Crippen MR) is 70.5 cm³/mol. The first-order valence-corrected chi connectivity index (χ1v) is 7.45. The molecule has 94 valence electrons. The lowest BCUT2D eigenvalue weighted by atomic mass is 10.1. The maximum atomic E-state index is 4.47. The van der Waals surface area contributed by atoms with Crippen LogP contribution in [0.1, 0.15) is 38.4 Å². The Kier molecular flexibility index (Phi) is 3.29. The van der Waals surface area contributed by atoms with Crippen molar-refractivity contribution in [2.75, 3.05) is 18.4 Å². The minimum Gasteiger partial charge on any atom is -0.357 e. The summed E-state index contributed by atoms with van der Waals surface area (Å²) in [5.74, 6) is 0.966. The van der Waals surface area contributed by atoms with Crippen LogP contribution in [0.2, 0.25) is 0 Å². The van der Waals surface area contributed by atoms with Crippen LogP contribution in [0.3, 0.4) is 0 Å². The van der Waals surface area contributed by atoms with Crippen molar-refractivity contribution in [3.8, 4) is 0 Å².